The fourth-order valence-corrected chi connectivity index (χ4v) is 2.55. The lowest BCUT2D eigenvalue weighted by Crippen LogP contribution is -2.38. The number of rotatable bonds is 8. The summed E-state index contributed by atoms with van der Waals surface area (Å²) in [5, 5.41) is 5.67. The summed E-state index contributed by atoms with van der Waals surface area (Å²) in [5.41, 5.74) is 3.64. The van der Waals surface area contributed by atoms with Crippen molar-refractivity contribution in [3.63, 3.8) is 0 Å². The van der Waals surface area contributed by atoms with Crippen LogP contribution in [0.15, 0.2) is 48.5 Å². The van der Waals surface area contributed by atoms with Crippen molar-refractivity contribution >= 4 is 6.03 Å². The summed E-state index contributed by atoms with van der Waals surface area (Å²) in [6.07, 6.45) is 1.90. The molecule has 0 bridgehead atoms. The molecule has 0 aliphatic rings. The van der Waals surface area contributed by atoms with Gasteiger partial charge in [0.15, 0.2) is 0 Å². The van der Waals surface area contributed by atoms with Gasteiger partial charge in [0.05, 0.1) is 6.54 Å². The van der Waals surface area contributed by atoms with Crippen molar-refractivity contribution in [1.82, 2.24) is 10.6 Å². The summed E-state index contributed by atoms with van der Waals surface area (Å²) in [7, 11) is 0. The van der Waals surface area contributed by atoms with Crippen molar-refractivity contribution in [2.75, 3.05) is 19.7 Å². The van der Waals surface area contributed by atoms with E-state index in [0.717, 1.165) is 18.6 Å². The first-order valence-corrected chi connectivity index (χ1v) is 8.40. The molecule has 2 rings (SSSR count). The smallest absolute Gasteiger partial charge is 0.314 e. The third-order valence-corrected chi connectivity index (χ3v) is 3.62. The highest BCUT2D eigenvalue weighted by molar-refractivity contribution is 5.73. The Morgan fingerprint density at radius 1 is 0.958 bits per heavy atom. The van der Waals surface area contributed by atoms with Gasteiger partial charge in [-0.1, -0.05) is 36.4 Å². The quantitative estimate of drug-likeness (QED) is 0.728. The summed E-state index contributed by atoms with van der Waals surface area (Å²) in [6.45, 7) is 5.69. The van der Waals surface area contributed by atoms with E-state index in [-0.39, 0.29) is 6.03 Å². The van der Waals surface area contributed by atoms with Gasteiger partial charge in [0.2, 0.25) is 0 Å². The van der Waals surface area contributed by atoms with Crippen LogP contribution in [-0.4, -0.2) is 25.7 Å². The van der Waals surface area contributed by atoms with Gasteiger partial charge in [-0.15, -0.1) is 0 Å². The highest BCUT2D eigenvalue weighted by atomic mass is 16.5. The van der Waals surface area contributed by atoms with Gasteiger partial charge in [-0.25, -0.2) is 4.79 Å². The number of ether oxygens (including phenoxy) is 1. The Morgan fingerprint density at radius 3 is 2.33 bits per heavy atom. The lowest BCUT2D eigenvalue weighted by atomic mass is 10.1. The molecule has 0 saturated carbocycles. The van der Waals surface area contributed by atoms with E-state index in [1.54, 1.807) is 0 Å². The molecule has 0 aliphatic heterocycles. The molecule has 0 fully saturated rings. The minimum absolute atomic E-state index is 0.146. The molecule has 0 radical (unpaired) electrons. The van der Waals surface area contributed by atoms with E-state index in [4.69, 9.17) is 4.74 Å². The predicted octanol–water partition coefficient (Wildman–Crippen LogP) is 3.61. The Bertz CT molecular complexity index is 621. The lowest BCUT2D eigenvalue weighted by Gasteiger charge is -2.10. The van der Waals surface area contributed by atoms with Crippen LogP contribution in [0, 0.1) is 13.8 Å². The fourth-order valence-electron chi connectivity index (χ4n) is 2.55. The van der Waals surface area contributed by atoms with Crippen LogP contribution in [0.25, 0.3) is 0 Å². The zero-order valence-corrected chi connectivity index (χ0v) is 14.5. The Labute approximate surface area is 144 Å². The summed E-state index contributed by atoms with van der Waals surface area (Å²) in [5.74, 6) is 0.845. The van der Waals surface area contributed by atoms with Gasteiger partial charge in [0.25, 0.3) is 0 Å². The van der Waals surface area contributed by atoms with Gasteiger partial charge in [-0.05, 0) is 55.5 Å². The van der Waals surface area contributed by atoms with Crippen LogP contribution in [-0.2, 0) is 6.42 Å². The maximum absolute atomic E-state index is 11.7. The van der Waals surface area contributed by atoms with Crippen molar-refractivity contribution < 1.29 is 9.53 Å². The fraction of sp³-hybridized carbons (Fsp3) is 0.350. The first-order valence-electron chi connectivity index (χ1n) is 8.40. The SMILES string of the molecule is Cc1cc(C)cc(OCCNC(=O)NCCCc2ccccc2)c1. The molecule has 2 amide bonds. The van der Waals surface area contributed by atoms with Crippen LogP contribution in [0.4, 0.5) is 4.79 Å². The number of aryl methyl sites for hydroxylation is 3. The van der Waals surface area contributed by atoms with Gasteiger partial charge in [-0.3, -0.25) is 0 Å². The summed E-state index contributed by atoms with van der Waals surface area (Å²) in [4.78, 5) is 11.7. The molecule has 0 unspecified atom stereocenters. The molecule has 2 aromatic carbocycles. The monoisotopic (exact) mass is 326 g/mol. The van der Waals surface area contributed by atoms with Crippen molar-refractivity contribution in [3.8, 4) is 5.75 Å². The molecule has 0 atom stereocenters. The number of carbonyl (C=O) groups excluding carboxylic acids is 1. The van der Waals surface area contributed by atoms with Crippen molar-refractivity contribution in [2.24, 2.45) is 0 Å². The van der Waals surface area contributed by atoms with Crippen LogP contribution < -0.4 is 15.4 Å². The molecule has 0 aliphatic carbocycles. The maximum Gasteiger partial charge on any atom is 0.314 e. The molecule has 0 saturated heterocycles. The number of hydrogen-bond donors (Lipinski definition) is 2. The van der Waals surface area contributed by atoms with E-state index in [1.165, 1.54) is 16.7 Å². The van der Waals surface area contributed by atoms with Crippen LogP contribution in [0.1, 0.15) is 23.1 Å². The molecule has 4 nitrogen and oxygen atoms in total. The van der Waals surface area contributed by atoms with Crippen LogP contribution in [0.3, 0.4) is 0 Å². The average Bonchev–Trinajstić information content (AvgIpc) is 2.56. The first-order chi connectivity index (χ1) is 11.6. The van der Waals surface area contributed by atoms with Gasteiger partial charge < -0.3 is 15.4 Å². The Kier molecular flexibility index (Phi) is 7.15. The van der Waals surface area contributed by atoms with Crippen LogP contribution in [0.5, 0.6) is 5.75 Å². The number of hydrogen-bond acceptors (Lipinski definition) is 2. The second-order valence-electron chi connectivity index (χ2n) is 5.94. The minimum Gasteiger partial charge on any atom is -0.492 e. The topological polar surface area (TPSA) is 50.4 Å². The second kappa shape index (κ2) is 9.60. The van der Waals surface area contributed by atoms with Crippen molar-refractivity contribution in [1.29, 1.82) is 0 Å². The average molecular weight is 326 g/mol. The van der Waals surface area contributed by atoms with Crippen molar-refractivity contribution in [3.05, 3.63) is 65.2 Å². The maximum atomic E-state index is 11.7. The van der Waals surface area contributed by atoms with Crippen molar-refractivity contribution in [2.45, 2.75) is 26.7 Å². The standard InChI is InChI=1S/C20H26N2O2/c1-16-13-17(2)15-19(14-16)24-12-11-22-20(23)21-10-6-9-18-7-4-3-5-8-18/h3-5,7-8,13-15H,6,9-12H2,1-2H3,(H2,21,22,23). The van der Waals surface area contributed by atoms with Gasteiger partial charge in [-0.2, -0.15) is 0 Å². The zero-order chi connectivity index (χ0) is 17.2. The highest BCUT2D eigenvalue weighted by Crippen LogP contribution is 2.15. The van der Waals surface area contributed by atoms with E-state index >= 15 is 0 Å². The number of carbonyl (C=O) groups is 1. The first kappa shape index (κ1) is 17.9. The minimum atomic E-state index is -0.146. The molecular weight excluding hydrogens is 300 g/mol. The highest BCUT2D eigenvalue weighted by Gasteiger charge is 2.00. The lowest BCUT2D eigenvalue weighted by molar-refractivity contribution is 0.236. The zero-order valence-electron chi connectivity index (χ0n) is 14.5. The number of amides is 2. The van der Waals surface area contributed by atoms with Crippen LogP contribution >= 0.6 is 0 Å². The third-order valence-electron chi connectivity index (χ3n) is 3.62. The molecule has 128 valence electrons. The normalized spacial score (nSPS) is 10.2. The number of urea groups is 1. The Morgan fingerprint density at radius 2 is 1.62 bits per heavy atom. The van der Waals surface area contributed by atoms with Gasteiger partial charge >= 0.3 is 6.03 Å². The predicted molar refractivity (Wildman–Crippen MR) is 97.6 cm³/mol. The second-order valence-corrected chi connectivity index (χ2v) is 5.94. The molecule has 4 heteroatoms. The Balaban J connectivity index is 1.55. The molecule has 24 heavy (non-hydrogen) atoms. The van der Waals surface area contributed by atoms with E-state index in [2.05, 4.69) is 28.8 Å². The summed E-state index contributed by atoms with van der Waals surface area (Å²) in [6, 6.07) is 16.2. The third kappa shape index (κ3) is 6.73. The van der Waals surface area contributed by atoms with E-state index in [9.17, 15) is 4.79 Å². The van der Waals surface area contributed by atoms with Crippen LogP contribution in [0.2, 0.25) is 0 Å². The Hall–Kier alpha value is -2.49. The van der Waals surface area contributed by atoms with E-state index < -0.39 is 0 Å². The van der Waals surface area contributed by atoms with E-state index in [0.29, 0.717) is 19.7 Å². The van der Waals surface area contributed by atoms with Gasteiger partial charge in [0.1, 0.15) is 12.4 Å². The molecule has 0 heterocycles. The van der Waals surface area contributed by atoms with Gasteiger partial charge in [0, 0.05) is 6.54 Å². The molecule has 2 N–H and O–H groups in total. The van der Waals surface area contributed by atoms with E-state index in [1.807, 2.05) is 44.2 Å². The molecular formula is C20H26N2O2. The molecule has 0 aromatic heterocycles. The largest absolute Gasteiger partial charge is 0.492 e. The summed E-state index contributed by atoms with van der Waals surface area (Å²) >= 11 is 0. The molecule has 2 aromatic rings. The number of nitrogens with one attached hydrogen (secondary N) is 2. The molecule has 0 spiro atoms. The number of benzene rings is 2. The summed E-state index contributed by atoms with van der Waals surface area (Å²) < 4.78 is 5.66.